The SMILES string of the molecule is Cc1ccc2c(C(=O)c3sccc3C)cn(C)c2c1. The van der Waals surface area contributed by atoms with Crippen molar-refractivity contribution >= 4 is 28.0 Å². The van der Waals surface area contributed by atoms with Crippen molar-refractivity contribution < 1.29 is 4.79 Å². The number of carbonyl (C=O) groups is 1. The summed E-state index contributed by atoms with van der Waals surface area (Å²) < 4.78 is 2.03. The lowest BCUT2D eigenvalue weighted by Crippen LogP contribution is -1.99. The van der Waals surface area contributed by atoms with E-state index in [2.05, 4.69) is 19.1 Å². The van der Waals surface area contributed by atoms with Crippen LogP contribution in [0.5, 0.6) is 0 Å². The van der Waals surface area contributed by atoms with E-state index in [9.17, 15) is 4.79 Å². The van der Waals surface area contributed by atoms with Crippen LogP contribution < -0.4 is 0 Å². The topological polar surface area (TPSA) is 22.0 Å². The number of ketones is 1. The van der Waals surface area contributed by atoms with Crippen LogP contribution in [0.2, 0.25) is 0 Å². The van der Waals surface area contributed by atoms with E-state index >= 15 is 0 Å². The number of hydrogen-bond acceptors (Lipinski definition) is 2. The zero-order chi connectivity index (χ0) is 13.6. The lowest BCUT2D eigenvalue weighted by Gasteiger charge is -1.99. The summed E-state index contributed by atoms with van der Waals surface area (Å²) in [6.07, 6.45) is 1.94. The molecule has 2 aromatic heterocycles. The Labute approximate surface area is 116 Å². The number of thiophene rings is 1. The van der Waals surface area contributed by atoms with Gasteiger partial charge in [0.25, 0.3) is 0 Å². The third-order valence-corrected chi connectivity index (χ3v) is 4.47. The molecule has 0 N–H and O–H groups in total. The minimum atomic E-state index is 0.127. The van der Waals surface area contributed by atoms with Crippen LogP contribution in [0.25, 0.3) is 10.9 Å². The number of rotatable bonds is 2. The Bertz CT molecular complexity index is 779. The van der Waals surface area contributed by atoms with Crippen molar-refractivity contribution in [3.05, 3.63) is 57.4 Å². The molecule has 0 saturated heterocycles. The number of fused-ring (bicyclic) bond motifs is 1. The summed E-state index contributed by atoms with van der Waals surface area (Å²) in [5, 5.41) is 3.00. The molecule has 19 heavy (non-hydrogen) atoms. The molecular formula is C16H15NOS. The summed E-state index contributed by atoms with van der Waals surface area (Å²) in [4.78, 5) is 13.5. The maximum Gasteiger partial charge on any atom is 0.205 e. The van der Waals surface area contributed by atoms with Gasteiger partial charge in [-0.1, -0.05) is 12.1 Å². The molecule has 3 rings (SSSR count). The average Bonchev–Trinajstić information content (AvgIpc) is 2.94. The Balaban J connectivity index is 2.21. The van der Waals surface area contributed by atoms with Gasteiger partial charge in [-0.3, -0.25) is 4.79 Å². The maximum absolute atomic E-state index is 12.6. The second-order valence-electron chi connectivity index (χ2n) is 4.94. The first kappa shape index (κ1) is 12.2. The summed E-state index contributed by atoms with van der Waals surface area (Å²) in [5.41, 5.74) is 4.17. The Morgan fingerprint density at radius 1 is 1.21 bits per heavy atom. The van der Waals surface area contributed by atoms with Gasteiger partial charge in [0.2, 0.25) is 5.78 Å². The Morgan fingerprint density at radius 3 is 2.68 bits per heavy atom. The molecule has 0 amide bonds. The fraction of sp³-hybridized carbons (Fsp3) is 0.188. The standard InChI is InChI=1S/C16H15NOS/c1-10-4-5-12-13(9-17(3)14(12)8-10)15(18)16-11(2)6-7-19-16/h4-9H,1-3H3. The highest BCUT2D eigenvalue weighted by molar-refractivity contribution is 7.12. The molecule has 0 fully saturated rings. The van der Waals surface area contributed by atoms with Crippen LogP contribution in [0.4, 0.5) is 0 Å². The molecule has 0 aliphatic carbocycles. The lowest BCUT2D eigenvalue weighted by atomic mass is 10.1. The van der Waals surface area contributed by atoms with Gasteiger partial charge in [-0.05, 0) is 42.5 Å². The highest BCUT2D eigenvalue weighted by Gasteiger charge is 2.18. The quantitative estimate of drug-likeness (QED) is 0.642. The van der Waals surface area contributed by atoms with Crippen molar-refractivity contribution in [2.75, 3.05) is 0 Å². The third-order valence-electron chi connectivity index (χ3n) is 3.46. The van der Waals surface area contributed by atoms with Crippen molar-refractivity contribution in [1.82, 2.24) is 4.57 Å². The van der Waals surface area contributed by atoms with Crippen LogP contribution in [-0.2, 0) is 7.05 Å². The van der Waals surface area contributed by atoms with Crippen molar-refractivity contribution in [2.24, 2.45) is 7.05 Å². The van der Waals surface area contributed by atoms with Gasteiger partial charge in [-0.25, -0.2) is 0 Å². The van der Waals surface area contributed by atoms with E-state index in [1.165, 1.54) is 16.9 Å². The summed E-state index contributed by atoms with van der Waals surface area (Å²) in [7, 11) is 1.99. The van der Waals surface area contributed by atoms with E-state index in [0.717, 1.165) is 26.9 Å². The second kappa shape index (κ2) is 4.35. The van der Waals surface area contributed by atoms with E-state index in [1.807, 2.05) is 42.2 Å². The normalized spacial score (nSPS) is 11.1. The molecule has 0 bridgehead atoms. The first-order chi connectivity index (χ1) is 9.08. The smallest absolute Gasteiger partial charge is 0.205 e. The minimum Gasteiger partial charge on any atom is -0.350 e. The molecule has 0 aliphatic rings. The van der Waals surface area contributed by atoms with Gasteiger partial charge in [-0.2, -0.15) is 0 Å². The number of hydrogen-bond donors (Lipinski definition) is 0. The van der Waals surface area contributed by atoms with E-state index in [1.54, 1.807) is 0 Å². The van der Waals surface area contributed by atoms with E-state index in [4.69, 9.17) is 0 Å². The molecule has 1 aromatic carbocycles. The van der Waals surface area contributed by atoms with Gasteiger partial charge in [0.1, 0.15) is 0 Å². The molecule has 2 heterocycles. The van der Waals surface area contributed by atoms with Crippen molar-refractivity contribution in [3.8, 4) is 0 Å². The zero-order valence-electron chi connectivity index (χ0n) is 11.2. The Kier molecular flexibility index (Phi) is 2.79. The maximum atomic E-state index is 12.6. The molecule has 0 spiro atoms. The molecule has 3 heteroatoms. The molecule has 3 aromatic rings. The molecule has 0 saturated carbocycles. The van der Waals surface area contributed by atoms with Crippen LogP contribution in [0, 0.1) is 13.8 Å². The Morgan fingerprint density at radius 2 is 2.00 bits per heavy atom. The molecule has 2 nitrogen and oxygen atoms in total. The number of aryl methyl sites for hydroxylation is 3. The van der Waals surface area contributed by atoms with Crippen LogP contribution >= 0.6 is 11.3 Å². The molecule has 0 atom stereocenters. The largest absolute Gasteiger partial charge is 0.350 e. The monoisotopic (exact) mass is 269 g/mol. The van der Waals surface area contributed by atoms with Crippen molar-refractivity contribution in [3.63, 3.8) is 0 Å². The van der Waals surface area contributed by atoms with Crippen LogP contribution in [0.15, 0.2) is 35.8 Å². The minimum absolute atomic E-state index is 0.127. The highest BCUT2D eigenvalue weighted by atomic mass is 32.1. The first-order valence-corrected chi connectivity index (χ1v) is 7.10. The predicted octanol–water partition coefficient (Wildman–Crippen LogP) is 4.09. The Hall–Kier alpha value is -1.87. The van der Waals surface area contributed by atoms with E-state index in [0.29, 0.717) is 0 Å². The summed E-state index contributed by atoms with van der Waals surface area (Å²) in [6, 6.07) is 8.21. The average molecular weight is 269 g/mol. The fourth-order valence-electron chi connectivity index (χ4n) is 2.40. The number of nitrogens with zero attached hydrogens (tertiary/aromatic N) is 1. The van der Waals surface area contributed by atoms with Crippen LogP contribution in [0.1, 0.15) is 26.4 Å². The van der Waals surface area contributed by atoms with Gasteiger partial charge < -0.3 is 4.57 Å². The molecular weight excluding hydrogens is 254 g/mol. The predicted molar refractivity (Wildman–Crippen MR) is 80.1 cm³/mol. The van der Waals surface area contributed by atoms with Gasteiger partial charge >= 0.3 is 0 Å². The van der Waals surface area contributed by atoms with Crippen molar-refractivity contribution in [2.45, 2.75) is 13.8 Å². The fourth-order valence-corrected chi connectivity index (χ4v) is 3.28. The summed E-state index contributed by atoms with van der Waals surface area (Å²) in [6.45, 7) is 4.05. The van der Waals surface area contributed by atoms with Crippen LogP contribution in [-0.4, -0.2) is 10.4 Å². The van der Waals surface area contributed by atoms with Gasteiger partial charge in [0, 0.05) is 29.7 Å². The first-order valence-electron chi connectivity index (χ1n) is 6.22. The van der Waals surface area contributed by atoms with Crippen molar-refractivity contribution in [1.29, 1.82) is 0 Å². The molecule has 0 aliphatic heterocycles. The molecule has 96 valence electrons. The lowest BCUT2D eigenvalue weighted by molar-refractivity contribution is 0.104. The van der Waals surface area contributed by atoms with Crippen LogP contribution in [0.3, 0.4) is 0 Å². The van der Waals surface area contributed by atoms with E-state index < -0.39 is 0 Å². The van der Waals surface area contributed by atoms with Gasteiger partial charge in [0.05, 0.1) is 4.88 Å². The summed E-state index contributed by atoms with van der Waals surface area (Å²) >= 11 is 1.51. The number of carbonyl (C=O) groups excluding carboxylic acids is 1. The highest BCUT2D eigenvalue weighted by Crippen LogP contribution is 2.27. The second-order valence-corrected chi connectivity index (χ2v) is 5.85. The third kappa shape index (κ3) is 1.90. The summed E-state index contributed by atoms with van der Waals surface area (Å²) in [5.74, 6) is 0.127. The van der Waals surface area contributed by atoms with Gasteiger partial charge in [-0.15, -0.1) is 11.3 Å². The molecule has 0 radical (unpaired) electrons. The van der Waals surface area contributed by atoms with E-state index in [-0.39, 0.29) is 5.78 Å². The molecule has 0 unspecified atom stereocenters. The number of aromatic nitrogens is 1. The van der Waals surface area contributed by atoms with Gasteiger partial charge in [0.15, 0.2) is 0 Å². The number of benzene rings is 1. The zero-order valence-corrected chi connectivity index (χ0v) is 12.0.